The number of fused-ring (bicyclic) bond motifs is 1. The van der Waals surface area contributed by atoms with Crippen molar-refractivity contribution in [2.24, 2.45) is 0 Å². The lowest BCUT2D eigenvalue weighted by atomic mass is 10.1. The van der Waals surface area contributed by atoms with Gasteiger partial charge in [-0.05, 0) is 37.1 Å². The van der Waals surface area contributed by atoms with Gasteiger partial charge in [0.05, 0.1) is 21.8 Å². The summed E-state index contributed by atoms with van der Waals surface area (Å²) in [5.41, 5.74) is 1.54. The largest absolute Gasteiger partial charge is 0.325 e. The molecule has 0 saturated carbocycles. The van der Waals surface area contributed by atoms with Crippen molar-refractivity contribution < 1.29 is 14.4 Å². The number of unbranched alkanes of at least 4 members (excludes halogenated alkanes) is 2. The summed E-state index contributed by atoms with van der Waals surface area (Å²) in [5.74, 6) is -0.567. The third-order valence-corrected chi connectivity index (χ3v) is 4.64. The van der Waals surface area contributed by atoms with Crippen LogP contribution in [0.3, 0.4) is 0 Å². The van der Waals surface area contributed by atoms with E-state index in [1.165, 1.54) is 4.90 Å². The second-order valence-electron chi connectivity index (χ2n) is 6.15. The lowest BCUT2D eigenvalue weighted by Crippen LogP contribution is -2.30. The van der Waals surface area contributed by atoms with Crippen molar-refractivity contribution in [1.29, 1.82) is 0 Å². The Hall–Kier alpha value is -2.66. The molecule has 3 rings (SSSR count). The molecule has 134 valence electrons. The van der Waals surface area contributed by atoms with Gasteiger partial charge < -0.3 is 5.32 Å². The number of carbonyl (C=O) groups excluding carboxylic acids is 3. The Labute approximate surface area is 156 Å². The van der Waals surface area contributed by atoms with E-state index < -0.39 is 0 Å². The molecule has 0 spiro atoms. The van der Waals surface area contributed by atoms with Gasteiger partial charge in [0.15, 0.2) is 0 Å². The Bertz CT molecular complexity index is 815. The third kappa shape index (κ3) is 3.94. The van der Waals surface area contributed by atoms with Crippen LogP contribution in [0.2, 0.25) is 5.02 Å². The molecule has 0 bridgehead atoms. The molecule has 1 aliphatic heterocycles. The first-order chi connectivity index (χ1) is 12.6. The van der Waals surface area contributed by atoms with E-state index in [1.807, 2.05) is 6.07 Å². The molecule has 1 aliphatic rings. The fraction of sp³-hybridized carbons (Fsp3) is 0.250. The molecule has 0 radical (unpaired) electrons. The van der Waals surface area contributed by atoms with Crippen LogP contribution in [-0.4, -0.2) is 29.2 Å². The summed E-state index contributed by atoms with van der Waals surface area (Å²) in [5, 5.41) is 3.28. The number of para-hydroxylation sites is 1. The second kappa shape index (κ2) is 8.15. The summed E-state index contributed by atoms with van der Waals surface area (Å²) in [6.07, 6.45) is 2.47. The van der Waals surface area contributed by atoms with Crippen molar-refractivity contribution in [3.8, 4) is 0 Å². The second-order valence-corrected chi connectivity index (χ2v) is 6.55. The number of carbonyl (C=O) groups is 3. The number of anilines is 1. The summed E-state index contributed by atoms with van der Waals surface area (Å²) in [6, 6.07) is 13.9. The van der Waals surface area contributed by atoms with Crippen molar-refractivity contribution in [3.63, 3.8) is 0 Å². The van der Waals surface area contributed by atoms with Crippen LogP contribution in [0.1, 0.15) is 46.4 Å². The predicted molar refractivity (Wildman–Crippen MR) is 100 cm³/mol. The highest BCUT2D eigenvalue weighted by Gasteiger charge is 2.34. The van der Waals surface area contributed by atoms with Gasteiger partial charge in [-0.25, -0.2) is 0 Å². The van der Waals surface area contributed by atoms with Crippen LogP contribution in [0.4, 0.5) is 5.69 Å². The lowest BCUT2D eigenvalue weighted by Gasteiger charge is -2.13. The molecule has 5 nitrogen and oxygen atoms in total. The Morgan fingerprint density at radius 2 is 1.50 bits per heavy atom. The maximum Gasteiger partial charge on any atom is 0.261 e. The van der Waals surface area contributed by atoms with Crippen molar-refractivity contribution in [2.45, 2.75) is 25.7 Å². The van der Waals surface area contributed by atoms with Gasteiger partial charge in [-0.3, -0.25) is 19.3 Å². The summed E-state index contributed by atoms with van der Waals surface area (Å²) >= 11 is 6.01. The van der Waals surface area contributed by atoms with E-state index in [2.05, 4.69) is 5.32 Å². The van der Waals surface area contributed by atoms with Gasteiger partial charge in [-0.1, -0.05) is 42.3 Å². The normalized spacial score (nSPS) is 13.0. The van der Waals surface area contributed by atoms with Crippen LogP contribution >= 0.6 is 11.6 Å². The fourth-order valence-electron chi connectivity index (χ4n) is 2.95. The zero-order valence-corrected chi connectivity index (χ0v) is 15.0. The molecule has 0 saturated heterocycles. The lowest BCUT2D eigenvalue weighted by molar-refractivity contribution is -0.116. The first-order valence-electron chi connectivity index (χ1n) is 8.57. The van der Waals surface area contributed by atoms with Crippen LogP contribution in [-0.2, 0) is 4.79 Å². The molecular weight excluding hydrogens is 352 g/mol. The van der Waals surface area contributed by atoms with Crippen molar-refractivity contribution in [3.05, 3.63) is 64.7 Å². The van der Waals surface area contributed by atoms with Gasteiger partial charge in [-0.15, -0.1) is 0 Å². The minimum absolute atomic E-state index is 0.0983. The van der Waals surface area contributed by atoms with Gasteiger partial charge in [0.2, 0.25) is 5.91 Å². The highest BCUT2D eigenvalue weighted by molar-refractivity contribution is 6.33. The zero-order chi connectivity index (χ0) is 18.5. The van der Waals surface area contributed by atoms with E-state index in [4.69, 9.17) is 11.6 Å². The van der Waals surface area contributed by atoms with E-state index in [-0.39, 0.29) is 17.7 Å². The molecule has 0 aromatic heterocycles. The summed E-state index contributed by atoms with van der Waals surface area (Å²) in [6.45, 7) is 0.373. The molecule has 1 N–H and O–H groups in total. The highest BCUT2D eigenvalue weighted by atomic mass is 35.5. The zero-order valence-electron chi connectivity index (χ0n) is 14.2. The summed E-state index contributed by atoms with van der Waals surface area (Å²) in [7, 11) is 0. The number of halogens is 1. The molecule has 2 aromatic rings. The first-order valence-corrected chi connectivity index (χ1v) is 8.95. The van der Waals surface area contributed by atoms with E-state index in [0.717, 1.165) is 6.42 Å². The highest BCUT2D eigenvalue weighted by Crippen LogP contribution is 2.23. The molecule has 2 aromatic carbocycles. The van der Waals surface area contributed by atoms with Gasteiger partial charge in [0.25, 0.3) is 11.8 Å². The third-order valence-electron chi connectivity index (χ3n) is 4.31. The molecule has 0 atom stereocenters. The minimum Gasteiger partial charge on any atom is -0.325 e. The first kappa shape index (κ1) is 18.1. The Morgan fingerprint density at radius 1 is 0.885 bits per heavy atom. The van der Waals surface area contributed by atoms with Gasteiger partial charge in [0, 0.05) is 13.0 Å². The van der Waals surface area contributed by atoms with E-state index in [9.17, 15) is 14.4 Å². The van der Waals surface area contributed by atoms with Crippen molar-refractivity contribution >= 4 is 35.0 Å². The number of nitrogens with one attached hydrogen (secondary N) is 1. The molecule has 3 amide bonds. The summed E-state index contributed by atoms with van der Waals surface area (Å²) < 4.78 is 0. The SMILES string of the molecule is O=C(CCCCCN1C(=O)c2ccccc2C1=O)Nc1ccccc1Cl. The smallest absolute Gasteiger partial charge is 0.261 e. The predicted octanol–water partition coefficient (Wildman–Crippen LogP) is 4.14. The van der Waals surface area contributed by atoms with Gasteiger partial charge >= 0.3 is 0 Å². The molecule has 0 aliphatic carbocycles. The molecule has 1 heterocycles. The topological polar surface area (TPSA) is 66.5 Å². The fourth-order valence-corrected chi connectivity index (χ4v) is 3.13. The average Bonchev–Trinajstić information content (AvgIpc) is 2.88. The van der Waals surface area contributed by atoms with Crippen LogP contribution in [0.5, 0.6) is 0 Å². The van der Waals surface area contributed by atoms with Crippen molar-refractivity contribution in [1.82, 2.24) is 4.90 Å². The maximum absolute atomic E-state index is 12.2. The Kier molecular flexibility index (Phi) is 5.68. The minimum atomic E-state index is -0.234. The number of benzene rings is 2. The van der Waals surface area contributed by atoms with Gasteiger partial charge in [-0.2, -0.15) is 0 Å². The number of nitrogens with zero attached hydrogens (tertiary/aromatic N) is 1. The van der Waals surface area contributed by atoms with Crippen LogP contribution < -0.4 is 5.32 Å². The van der Waals surface area contributed by atoms with E-state index >= 15 is 0 Å². The van der Waals surface area contributed by atoms with E-state index in [1.54, 1.807) is 42.5 Å². The number of rotatable bonds is 7. The van der Waals surface area contributed by atoms with Crippen LogP contribution in [0, 0.1) is 0 Å². The van der Waals surface area contributed by atoms with E-state index in [0.29, 0.717) is 47.6 Å². The standard InChI is InChI=1S/C20H19ClN2O3/c21-16-10-5-6-11-17(16)22-18(24)12-2-1-7-13-23-19(25)14-8-3-4-9-15(14)20(23)26/h3-6,8-11H,1-2,7,12-13H2,(H,22,24). The number of imide groups is 1. The molecular formula is C20H19ClN2O3. The maximum atomic E-state index is 12.2. The monoisotopic (exact) mass is 370 g/mol. The van der Waals surface area contributed by atoms with Crippen LogP contribution in [0.15, 0.2) is 48.5 Å². The molecule has 0 fully saturated rings. The Balaban J connectivity index is 1.40. The summed E-state index contributed by atoms with van der Waals surface area (Å²) in [4.78, 5) is 37.7. The molecule has 6 heteroatoms. The quantitative estimate of drug-likeness (QED) is 0.588. The number of hydrogen-bond donors (Lipinski definition) is 1. The molecule has 0 unspecified atom stereocenters. The number of hydrogen-bond acceptors (Lipinski definition) is 3. The van der Waals surface area contributed by atoms with Crippen LogP contribution in [0.25, 0.3) is 0 Å². The Morgan fingerprint density at radius 3 is 2.15 bits per heavy atom. The van der Waals surface area contributed by atoms with Gasteiger partial charge in [0.1, 0.15) is 0 Å². The average molecular weight is 371 g/mol. The number of amides is 3. The van der Waals surface area contributed by atoms with Crippen molar-refractivity contribution in [2.75, 3.05) is 11.9 Å². The molecule has 26 heavy (non-hydrogen) atoms.